The summed E-state index contributed by atoms with van der Waals surface area (Å²) in [5, 5.41) is 9.03. The number of rotatable bonds is 3. The summed E-state index contributed by atoms with van der Waals surface area (Å²) in [5.74, 6) is -1.00. The van der Waals surface area contributed by atoms with E-state index < -0.39 is 11.4 Å². The molecule has 0 aromatic carbocycles. The van der Waals surface area contributed by atoms with Crippen LogP contribution >= 0.6 is 0 Å². The molecule has 1 rings (SSSR count). The van der Waals surface area contributed by atoms with Crippen molar-refractivity contribution in [3.05, 3.63) is 23.0 Å². The molecule has 2 N–H and O–H groups in total. The molecule has 4 nitrogen and oxygen atoms in total. The minimum Gasteiger partial charge on any atom is -0.481 e. The van der Waals surface area contributed by atoms with Crippen LogP contribution in [0, 0.1) is 6.92 Å². The Labute approximate surface area is 88.3 Å². The Morgan fingerprint density at radius 3 is 2.27 bits per heavy atom. The molecule has 0 spiro atoms. The second kappa shape index (κ2) is 3.53. The van der Waals surface area contributed by atoms with Gasteiger partial charge in [-0.2, -0.15) is 0 Å². The SMILES string of the molecule is CC(=O)c1[nH]c(C(C)(C)C(=O)O)cc1C. The highest BCUT2D eigenvalue weighted by Crippen LogP contribution is 2.24. The first-order valence-electron chi connectivity index (χ1n) is 4.71. The number of H-pyrrole nitrogens is 1. The molecular weight excluding hydrogens is 194 g/mol. The van der Waals surface area contributed by atoms with E-state index in [4.69, 9.17) is 5.11 Å². The van der Waals surface area contributed by atoms with Crippen LogP contribution in [0.4, 0.5) is 0 Å². The van der Waals surface area contributed by atoms with E-state index in [1.165, 1.54) is 6.92 Å². The number of aliphatic carboxylic acids is 1. The smallest absolute Gasteiger partial charge is 0.315 e. The van der Waals surface area contributed by atoms with Crippen LogP contribution in [0.1, 0.15) is 42.5 Å². The highest BCUT2D eigenvalue weighted by atomic mass is 16.4. The van der Waals surface area contributed by atoms with Crippen molar-refractivity contribution in [3.8, 4) is 0 Å². The van der Waals surface area contributed by atoms with Gasteiger partial charge in [-0.1, -0.05) is 0 Å². The highest BCUT2D eigenvalue weighted by molar-refractivity contribution is 5.94. The van der Waals surface area contributed by atoms with Crippen LogP contribution in [0.5, 0.6) is 0 Å². The van der Waals surface area contributed by atoms with E-state index in [9.17, 15) is 9.59 Å². The molecule has 0 bridgehead atoms. The largest absolute Gasteiger partial charge is 0.481 e. The minimum absolute atomic E-state index is 0.0834. The second-order valence-corrected chi connectivity index (χ2v) is 4.23. The summed E-state index contributed by atoms with van der Waals surface area (Å²) in [5.41, 5.74) is 0.821. The zero-order chi connectivity index (χ0) is 11.8. The van der Waals surface area contributed by atoms with Crippen LogP contribution < -0.4 is 0 Å². The number of aromatic amines is 1. The van der Waals surface area contributed by atoms with Gasteiger partial charge < -0.3 is 10.1 Å². The summed E-state index contributed by atoms with van der Waals surface area (Å²) < 4.78 is 0. The molecule has 1 aromatic rings. The van der Waals surface area contributed by atoms with Crippen molar-refractivity contribution in [1.82, 2.24) is 4.98 Å². The van der Waals surface area contributed by atoms with Gasteiger partial charge in [-0.05, 0) is 32.4 Å². The van der Waals surface area contributed by atoms with Crippen molar-refractivity contribution in [2.45, 2.75) is 33.1 Å². The van der Waals surface area contributed by atoms with Crippen molar-refractivity contribution in [1.29, 1.82) is 0 Å². The fraction of sp³-hybridized carbons (Fsp3) is 0.455. The maximum absolute atomic E-state index is 11.2. The van der Waals surface area contributed by atoms with Gasteiger partial charge in [-0.15, -0.1) is 0 Å². The van der Waals surface area contributed by atoms with E-state index in [-0.39, 0.29) is 5.78 Å². The van der Waals surface area contributed by atoms with E-state index in [0.29, 0.717) is 11.4 Å². The Hall–Kier alpha value is -1.58. The first kappa shape index (κ1) is 11.5. The number of ketones is 1. The summed E-state index contributed by atoms with van der Waals surface area (Å²) in [4.78, 5) is 25.1. The van der Waals surface area contributed by atoms with Crippen molar-refractivity contribution in [2.24, 2.45) is 0 Å². The van der Waals surface area contributed by atoms with E-state index in [1.54, 1.807) is 26.8 Å². The number of carboxylic acids is 1. The Morgan fingerprint density at radius 2 is 1.93 bits per heavy atom. The predicted molar refractivity (Wildman–Crippen MR) is 56.2 cm³/mol. The summed E-state index contributed by atoms with van der Waals surface area (Å²) in [6, 6.07) is 1.71. The van der Waals surface area contributed by atoms with Gasteiger partial charge in [-0.25, -0.2) is 0 Å². The van der Waals surface area contributed by atoms with E-state index >= 15 is 0 Å². The lowest BCUT2D eigenvalue weighted by Gasteiger charge is -2.17. The molecule has 0 aliphatic carbocycles. The fourth-order valence-corrected chi connectivity index (χ4v) is 1.38. The lowest BCUT2D eigenvalue weighted by molar-refractivity contribution is -0.142. The van der Waals surface area contributed by atoms with Crippen molar-refractivity contribution in [2.75, 3.05) is 0 Å². The van der Waals surface area contributed by atoms with Crippen LogP contribution in [0.2, 0.25) is 0 Å². The van der Waals surface area contributed by atoms with E-state index in [2.05, 4.69) is 4.98 Å². The number of carbonyl (C=O) groups excluding carboxylic acids is 1. The molecule has 0 atom stereocenters. The fourth-order valence-electron chi connectivity index (χ4n) is 1.38. The van der Waals surface area contributed by atoms with Crippen molar-refractivity contribution in [3.63, 3.8) is 0 Å². The molecule has 1 aromatic heterocycles. The van der Waals surface area contributed by atoms with Gasteiger partial charge in [0.25, 0.3) is 0 Å². The minimum atomic E-state index is -1.00. The lowest BCUT2D eigenvalue weighted by Crippen LogP contribution is -2.28. The van der Waals surface area contributed by atoms with Crippen molar-refractivity contribution >= 4 is 11.8 Å². The van der Waals surface area contributed by atoms with Gasteiger partial charge in [0.1, 0.15) is 5.41 Å². The van der Waals surface area contributed by atoms with Crippen molar-refractivity contribution < 1.29 is 14.7 Å². The molecule has 0 radical (unpaired) electrons. The molecule has 0 unspecified atom stereocenters. The number of aromatic nitrogens is 1. The molecule has 1 heterocycles. The molecule has 0 aliphatic heterocycles. The highest BCUT2D eigenvalue weighted by Gasteiger charge is 2.31. The number of carbonyl (C=O) groups is 2. The summed E-state index contributed by atoms with van der Waals surface area (Å²) in [6.07, 6.45) is 0. The molecule has 15 heavy (non-hydrogen) atoms. The second-order valence-electron chi connectivity index (χ2n) is 4.23. The molecule has 0 saturated heterocycles. The monoisotopic (exact) mass is 209 g/mol. The quantitative estimate of drug-likeness (QED) is 0.747. The third-order valence-electron chi connectivity index (χ3n) is 2.57. The Kier molecular flexibility index (Phi) is 2.71. The predicted octanol–water partition coefficient (Wildman–Crippen LogP) is 1.89. The zero-order valence-electron chi connectivity index (χ0n) is 9.34. The van der Waals surface area contributed by atoms with Gasteiger partial charge in [0.05, 0.1) is 5.69 Å². The molecular formula is C11H15NO3. The first-order valence-corrected chi connectivity index (χ1v) is 4.71. The average molecular weight is 209 g/mol. The van der Waals surface area contributed by atoms with Crippen LogP contribution in [-0.4, -0.2) is 21.8 Å². The van der Waals surface area contributed by atoms with Crippen LogP contribution in [0.25, 0.3) is 0 Å². The Balaban J connectivity index is 3.24. The maximum atomic E-state index is 11.2. The maximum Gasteiger partial charge on any atom is 0.315 e. The van der Waals surface area contributed by atoms with Crippen LogP contribution in [-0.2, 0) is 10.2 Å². The van der Waals surface area contributed by atoms with Crippen LogP contribution in [0.15, 0.2) is 6.07 Å². The Morgan fingerprint density at radius 1 is 1.40 bits per heavy atom. The van der Waals surface area contributed by atoms with Crippen LogP contribution in [0.3, 0.4) is 0 Å². The average Bonchev–Trinajstić information content (AvgIpc) is 2.47. The summed E-state index contributed by atoms with van der Waals surface area (Å²) in [7, 11) is 0. The first-order chi connectivity index (χ1) is 6.76. The molecule has 4 heteroatoms. The molecule has 0 amide bonds. The summed E-state index contributed by atoms with van der Waals surface area (Å²) in [6.45, 7) is 6.44. The standard InChI is InChI=1S/C11H15NO3/c1-6-5-8(11(3,4)10(14)15)12-9(6)7(2)13/h5,12H,1-4H3,(H,14,15). The normalized spacial score (nSPS) is 11.5. The zero-order valence-corrected chi connectivity index (χ0v) is 9.34. The van der Waals surface area contributed by atoms with Gasteiger partial charge >= 0.3 is 5.97 Å². The third kappa shape index (κ3) is 1.93. The number of hydrogen-bond acceptors (Lipinski definition) is 2. The Bertz CT molecular complexity index is 415. The molecule has 82 valence electrons. The number of hydrogen-bond donors (Lipinski definition) is 2. The van der Waals surface area contributed by atoms with Gasteiger partial charge in [0, 0.05) is 12.6 Å². The number of carboxylic acid groups (broad SMARTS) is 1. The third-order valence-corrected chi connectivity index (χ3v) is 2.57. The number of Topliss-reactive ketones (excluding diaryl/α,β-unsaturated/α-hetero) is 1. The summed E-state index contributed by atoms with van der Waals surface area (Å²) >= 11 is 0. The van der Waals surface area contributed by atoms with Gasteiger partial charge in [0.15, 0.2) is 5.78 Å². The molecule has 0 aliphatic rings. The molecule has 0 fully saturated rings. The topological polar surface area (TPSA) is 70.2 Å². The number of nitrogens with one attached hydrogen (secondary N) is 1. The number of aryl methyl sites for hydroxylation is 1. The van der Waals surface area contributed by atoms with E-state index in [1.807, 2.05) is 0 Å². The lowest BCUT2D eigenvalue weighted by atomic mass is 9.89. The molecule has 0 saturated carbocycles. The van der Waals surface area contributed by atoms with Gasteiger partial charge in [-0.3, -0.25) is 9.59 Å². The van der Waals surface area contributed by atoms with Gasteiger partial charge in [0.2, 0.25) is 0 Å². The van der Waals surface area contributed by atoms with E-state index in [0.717, 1.165) is 5.56 Å².